The van der Waals surface area contributed by atoms with Gasteiger partial charge in [-0.25, -0.2) is 4.79 Å². The highest BCUT2D eigenvalue weighted by molar-refractivity contribution is 5.70. The van der Waals surface area contributed by atoms with E-state index in [4.69, 9.17) is 23.7 Å². The van der Waals surface area contributed by atoms with Crippen molar-refractivity contribution in [2.75, 3.05) is 59.2 Å². The molecule has 0 saturated carbocycles. The SMILES string of the molecule is CCCCCCCCCCC(=O)OCC(COC(=O)CCC(OCCCCCCCC)OCCCCCCCC)COC(=O)NCCN(CC)CC. The van der Waals surface area contributed by atoms with Gasteiger partial charge >= 0.3 is 18.0 Å². The van der Waals surface area contributed by atoms with E-state index in [-0.39, 0.29) is 38.2 Å². The molecule has 0 spiro atoms. The standard InChI is InChI=1S/C42H82N2O8/c1-6-11-14-17-20-21-22-25-28-39(45)50-35-38(37-52-42(47)43-31-32-44(9-4)10-5)36-51-40(46)29-30-41(48-33-26-23-18-15-12-7-2)49-34-27-24-19-16-13-8-3/h38,41H,6-37H2,1-5H3,(H,43,47). The Morgan fingerprint density at radius 1 is 0.519 bits per heavy atom. The van der Waals surface area contributed by atoms with Gasteiger partial charge in [0.05, 0.1) is 12.3 Å². The van der Waals surface area contributed by atoms with Crippen LogP contribution in [0.4, 0.5) is 4.79 Å². The molecule has 1 N–H and O–H groups in total. The summed E-state index contributed by atoms with van der Waals surface area (Å²) in [6.07, 6.45) is 23.3. The third-order valence-corrected chi connectivity index (χ3v) is 9.42. The molecule has 0 aromatic rings. The minimum atomic E-state index is -0.540. The molecule has 0 heterocycles. The zero-order valence-electron chi connectivity index (χ0n) is 34.5. The van der Waals surface area contributed by atoms with Gasteiger partial charge in [-0.2, -0.15) is 0 Å². The summed E-state index contributed by atoms with van der Waals surface area (Å²) in [5, 5.41) is 2.78. The van der Waals surface area contributed by atoms with Gasteiger partial charge < -0.3 is 33.9 Å². The predicted octanol–water partition coefficient (Wildman–Crippen LogP) is 10.1. The minimum absolute atomic E-state index is 0.0151. The van der Waals surface area contributed by atoms with Gasteiger partial charge in [0.25, 0.3) is 0 Å². The van der Waals surface area contributed by atoms with Gasteiger partial charge in [0, 0.05) is 39.1 Å². The van der Waals surface area contributed by atoms with E-state index < -0.39 is 18.3 Å². The van der Waals surface area contributed by atoms with Crippen LogP contribution in [-0.2, 0) is 33.3 Å². The van der Waals surface area contributed by atoms with Crippen molar-refractivity contribution in [3.05, 3.63) is 0 Å². The maximum Gasteiger partial charge on any atom is 0.407 e. The van der Waals surface area contributed by atoms with Crippen LogP contribution in [-0.4, -0.2) is 88.4 Å². The van der Waals surface area contributed by atoms with Crippen molar-refractivity contribution in [1.29, 1.82) is 0 Å². The predicted molar refractivity (Wildman–Crippen MR) is 211 cm³/mol. The molecule has 0 fully saturated rings. The molecule has 0 bridgehead atoms. The molecule has 10 nitrogen and oxygen atoms in total. The topological polar surface area (TPSA) is 113 Å². The Hall–Kier alpha value is -1.91. The number of ether oxygens (including phenoxy) is 5. The molecule has 1 unspecified atom stereocenters. The number of rotatable bonds is 39. The van der Waals surface area contributed by atoms with Crippen LogP contribution in [0.2, 0.25) is 0 Å². The van der Waals surface area contributed by atoms with Crippen molar-refractivity contribution in [2.24, 2.45) is 5.92 Å². The van der Waals surface area contributed by atoms with E-state index in [1.165, 1.54) is 83.5 Å². The van der Waals surface area contributed by atoms with Crippen molar-refractivity contribution in [3.8, 4) is 0 Å². The first-order valence-corrected chi connectivity index (χ1v) is 21.6. The first kappa shape index (κ1) is 50.1. The van der Waals surface area contributed by atoms with E-state index in [0.717, 1.165) is 64.6 Å². The molecule has 0 aliphatic rings. The monoisotopic (exact) mass is 743 g/mol. The van der Waals surface area contributed by atoms with Crippen molar-refractivity contribution in [2.45, 2.75) is 189 Å². The van der Waals surface area contributed by atoms with E-state index in [9.17, 15) is 14.4 Å². The molecule has 0 aromatic carbocycles. The van der Waals surface area contributed by atoms with Crippen LogP contribution in [0.15, 0.2) is 0 Å². The molecule has 0 rings (SSSR count). The normalized spacial score (nSPS) is 12.0. The molecule has 1 atom stereocenters. The highest BCUT2D eigenvalue weighted by atomic mass is 16.7. The molecular formula is C42H82N2O8. The Morgan fingerprint density at radius 3 is 1.42 bits per heavy atom. The summed E-state index contributed by atoms with van der Waals surface area (Å²) in [7, 11) is 0. The Balaban J connectivity index is 4.89. The summed E-state index contributed by atoms with van der Waals surface area (Å²) in [5.74, 6) is -1.13. The van der Waals surface area contributed by atoms with E-state index in [2.05, 4.69) is 44.8 Å². The smallest absolute Gasteiger partial charge is 0.407 e. The second-order valence-electron chi connectivity index (χ2n) is 14.3. The van der Waals surface area contributed by atoms with Gasteiger partial charge in [0.15, 0.2) is 6.29 Å². The van der Waals surface area contributed by atoms with E-state index in [1.54, 1.807) is 0 Å². The van der Waals surface area contributed by atoms with Gasteiger partial charge in [-0.3, -0.25) is 9.59 Å². The van der Waals surface area contributed by atoms with Crippen LogP contribution in [0.3, 0.4) is 0 Å². The number of carbonyl (C=O) groups is 3. The molecule has 0 aliphatic carbocycles. The third-order valence-electron chi connectivity index (χ3n) is 9.42. The number of hydrogen-bond donors (Lipinski definition) is 1. The number of esters is 2. The van der Waals surface area contributed by atoms with Gasteiger partial charge in [-0.05, 0) is 32.4 Å². The second kappa shape index (κ2) is 38.8. The highest BCUT2D eigenvalue weighted by Crippen LogP contribution is 2.14. The first-order valence-electron chi connectivity index (χ1n) is 21.6. The number of hydrogen-bond acceptors (Lipinski definition) is 9. The highest BCUT2D eigenvalue weighted by Gasteiger charge is 2.19. The van der Waals surface area contributed by atoms with Gasteiger partial charge in [0.1, 0.15) is 19.8 Å². The summed E-state index contributed by atoms with van der Waals surface area (Å²) >= 11 is 0. The van der Waals surface area contributed by atoms with Crippen molar-refractivity contribution in [3.63, 3.8) is 0 Å². The third kappa shape index (κ3) is 33.9. The van der Waals surface area contributed by atoms with E-state index in [0.29, 0.717) is 32.6 Å². The van der Waals surface area contributed by atoms with Crippen molar-refractivity contribution in [1.82, 2.24) is 10.2 Å². The quantitative estimate of drug-likeness (QED) is 0.0285. The maximum atomic E-state index is 12.9. The fourth-order valence-electron chi connectivity index (χ4n) is 5.86. The number of likely N-dealkylation sites (N-methyl/N-ethyl adjacent to an activating group) is 1. The molecule has 0 aliphatic heterocycles. The fraction of sp³-hybridized carbons (Fsp3) is 0.929. The molecular weight excluding hydrogens is 660 g/mol. The number of nitrogens with zero attached hydrogens (tertiary/aromatic N) is 1. The van der Waals surface area contributed by atoms with Crippen molar-refractivity contribution < 1.29 is 38.1 Å². The van der Waals surface area contributed by atoms with Crippen LogP contribution < -0.4 is 5.32 Å². The average molecular weight is 743 g/mol. The number of amides is 1. The van der Waals surface area contributed by atoms with E-state index >= 15 is 0 Å². The Kier molecular flexibility index (Phi) is 37.4. The summed E-state index contributed by atoms with van der Waals surface area (Å²) in [5.41, 5.74) is 0. The molecule has 10 heteroatoms. The number of carbonyl (C=O) groups excluding carboxylic acids is 3. The summed E-state index contributed by atoms with van der Waals surface area (Å²) in [4.78, 5) is 40.0. The molecule has 1 amide bonds. The van der Waals surface area contributed by atoms with Gasteiger partial charge in [-0.15, -0.1) is 0 Å². The van der Waals surface area contributed by atoms with Gasteiger partial charge in [0.2, 0.25) is 0 Å². The Bertz CT molecular complexity index is 793. The fourth-order valence-corrected chi connectivity index (χ4v) is 5.86. The summed E-state index contributed by atoms with van der Waals surface area (Å²) in [6, 6.07) is 0. The van der Waals surface area contributed by atoms with Crippen LogP contribution >= 0.6 is 0 Å². The summed E-state index contributed by atoms with van der Waals surface area (Å²) in [6.45, 7) is 15.0. The zero-order chi connectivity index (χ0) is 38.3. The molecule has 0 aromatic heterocycles. The lowest BCUT2D eigenvalue weighted by molar-refractivity contribution is -0.161. The minimum Gasteiger partial charge on any atom is -0.465 e. The molecule has 52 heavy (non-hydrogen) atoms. The maximum absolute atomic E-state index is 12.9. The largest absolute Gasteiger partial charge is 0.465 e. The van der Waals surface area contributed by atoms with Crippen LogP contribution in [0.5, 0.6) is 0 Å². The van der Waals surface area contributed by atoms with Gasteiger partial charge in [-0.1, -0.05) is 144 Å². The zero-order valence-corrected chi connectivity index (χ0v) is 34.5. The number of alkyl carbamates (subject to hydrolysis) is 1. The van der Waals surface area contributed by atoms with Crippen molar-refractivity contribution >= 4 is 18.0 Å². The second-order valence-corrected chi connectivity index (χ2v) is 14.3. The lowest BCUT2D eigenvalue weighted by atomic mass is 10.1. The molecule has 0 radical (unpaired) electrons. The van der Waals surface area contributed by atoms with Crippen LogP contribution in [0.1, 0.15) is 182 Å². The van der Waals surface area contributed by atoms with E-state index in [1.807, 2.05) is 0 Å². The first-order chi connectivity index (χ1) is 25.4. The Labute approximate surface area is 319 Å². The average Bonchev–Trinajstić information content (AvgIpc) is 3.15. The molecule has 308 valence electrons. The van der Waals surface area contributed by atoms with Crippen LogP contribution in [0.25, 0.3) is 0 Å². The van der Waals surface area contributed by atoms with Crippen LogP contribution in [0, 0.1) is 5.92 Å². The molecule has 0 saturated heterocycles. The summed E-state index contributed by atoms with van der Waals surface area (Å²) < 4.78 is 28.8. The number of nitrogens with one attached hydrogen (secondary N) is 1. The Morgan fingerprint density at radius 2 is 0.942 bits per heavy atom. The number of unbranched alkanes of at least 4 members (excludes halogenated alkanes) is 17. The lowest BCUT2D eigenvalue weighted by Gasteiger charge is -2.20. The lowest BCUT2D eigenvalue weighted by Crippen LogP contribution is -2.36.